The molecule has 0 aromatic heterocycles. The molecular weight excluding hydrogens is 134 g/mol. The van der Waals surface area contributed by atoms with Crippen LogP contribution in [0.25, 0.3) is 0 Å². The molecule has 1 heteroatoms. The summed E-state index contributed by atoms with van der Waals surface area (Å²) >= 11 is 0. The molecule has 3 aliphatic rings. The monoisotopic (exact) mass is 153 g/mol. The van der Waals surface area contributed by atoms with E-state index in [1.54, 1.807) is 0 Å². The van der Waals surface area contributed by atoms with Crippen LogP contribution in [0.15, 0.2) is 0 Å². The van der Waals surface area contributed by atoms with Gasteiger partial charge in [-0.05, 0) is 44.2 Å². The molecule has 3 saturated heterocycles. The second-order valence-electron chi connectivity index (χ2n) is 4.43. The van der Waals surface area contributed by atoms with Crippen molar-refractivity contribution in [1.29, 1.82) is 0 Å². The Labute approximate surface area is 69.8 Å². The Kier molecular flexibility index (Phi) is 2.17. The van der Waals surface area contributed by atoms with E-state index in [2.05, 4.69) is 11.8 Å². The van der Waals surface area contributed by atoms with Crippen LogP contribution in [0.2, 0.25) is 0 Å². The summed E-state index contributed by atoms with van der Waals surface area (Å²) < 4.78 is 0. The zero-order valence-electron chi connectivity index (χ0n) is 7.55. The smallest absolute Gasteiger partial charge is 0.000702 e. The van der Waals surface area contributed by atoms with Crippen LogP contribution in [0.5, 0.6) is 0 Å². The highest BCUT2D eigenvalue weighted by molar-refractivity contribution is 4.77. The molecule has 0 N–H and O–H groups in total. The van der Waals surface area contributed by atoms with Crippen LogP contribution >= 0.6 is 0 Å². The molecule has 0 aromatic carbocycles. The largest absolute Gasteiger partial charge is 0.303 e. The second-order valence-corrected chi connectivity index (χ2v) is 4.43. The van der Waals surface area contributed by atoms with Crippen molar-refractivity contribution in [2.75, 3.05) is 19.6 Å². The topological polar surface area (TPSA) is 3.24 Å². The van der Waals surface area contributed by atoms with Gasteiger partial charge in [0.25, 0.3) is 0 Å². The highest BCUT2D eigenvalue weighted by atomic mass is 15.1. The summed E-state index contributed by atoms with van der Waals surface area (Å²) in [7, 11) is 0. The Morgan fingerprint density at radius 2 is 1.73 bits per heavy atom. The fourth-order valence-electron chi connectivity index (χ4n) is 2.51. The summed E-state index contributed by atoms with van der Waals surface area (Å²) in [4.78, 5) is 2.65. The van der Waals surface area contributed by atoms with Crippen LogP contribution in [0.4, 0.5) is 0 Å². The summed E-state index contributed by atoms with van der Waals surface area (Å²) in [6.07, 6.45) is 5.94. The maximum absolute atomic E-state index is 2.65. The molecule has 0 aliphatic carbocycles. The first kappa shape index (κ1) is 7.60. The fraction of sp³-hybridized carbons (Fsp3) is 1.00. The van der Waals surface area contributed by atoms with E-state index in [-0.39, 0.29) is 0 Å². The van der Waals surface area contributed by atoms with Crippen molar-refractivity contribution in [3.63, 3.8) is 0 Å². The summed E-state index contributed by atoms with van der Waals surface area (Å²) in [5, 5.41) is 0. The third-order valence-corrected chi connectivity index (χ3v) is 3.34. The molecule has 0 amide bonds. The normalized spacial score (nSPS) is 45.0. The molecule has 3 fully saturated rings. The predicted molar refractivity (Wildman–Crippen MR) is 47.6 cm³/mol. The average molecular weight is 153 g/mol. The van der Waals surface area contributed by atoms with Gasteiger partial charge in [0.05, 0.1) is 0 Å². The van der Waals surface area contributed by atoms with Gasteiger partial charge < -0.3 is 4.90 Å². The van der Waals surface area contributed by atoms with Crippen molar-refractivity contribution in [3.05, 3.63) is 0 Å². The van der Waals surface area contributed by atoms with Crippen LogP contribution < -0.4 is 0 Å². The lowest BCUT2D eigenvalue weighted by molar-refractivity contribution is 0.125. The minimum atomic E-state index is 0.957. The Morgan fingerprint density at radius 3 is 2.45 bits per heavy atom. The van der Waals surface area contributed by atoms with E-state index in [4.69, 9.17) is 0 Å². The molecule has 0 spiro atoms. The first-order valence-corrected chi connectivity index (χ1v) is 5.07. The second kappa shape index (κ2) is 3.14. The van der Waals surface area contributed by atoms with Crippen LogP contribution in [-0.4, -0.2) is 24.5 Å². The lowest BCUT2D eigenvalue weighted by atomic mass is 9.86. The summed E-state index contributed by atoms with van der Waals surface area (Å²) in [5.74, 6) is 2.03. The first-order valence-electron chi connectivity index (χ1n) is 5.07. The number of fused-ring (bicyclic) bond motifs is 5. The van der Waals surface area contributed by atoms with Crippen molar-refractivity contribution < 1.29 is 0 Å². The lowest BCUT2D eigenvalue weighted by Gasteiger charge is -2.37. The molecule has 3 aliphatic heterocycles. The van der Waals surface area contributed by atoms with Gasteiger partial charge in [0.2, 0.25) is 0 Å². The quantitative estimate of drug-likeness (QED) is 0.515. The van der Waals surface area contributed by atoms with E-state index in [0.29, 0.717) is 0 Å². The molecular formula is C10H19N. The Hall–Kier alpha value is -0.0400. The number of hydrogen-bond donors (Lipinski definition) is 0. The molecule has 0 radical (unpaired) electrons. The molecule has 1 nitrogen and oxygen atoms in total. The van der Waals surface area contributed by atoms with E-state index in [1.807, 2.05) is 0 Å². The van der Waals surface area contributed by atoms with Crippen molar-refractivity contribution in [2.24, 2.45) is 11.8 Å². The maximum Gasteiger partial charge on any atom is 0.000702 e. The fourth-order valence-corrected chi connectivity index (χ4v) is 2.51. The number of nitrogens with zero attached hydrogens (tertiary/aromatic N) is 1. The van der Waals surface area contributed by atoms with Gasteiger partial charge in [-0.15, -0.1) is 0 Å². The van der Waals surface area contributed by atoms with Gasteiger partial charge in [-0.2, -0.15) is 0 Å². The number of hydrogen-bond acceptors (Lipinski definition) is 1. The summed E-state index contributed by atoms with van der Waals surface area (Å²) in [5.41, 5.74) is 0. The van der Waals surface area contributed by atoms with Crippen LogP contribution in [-0.2, 0) is 0 Å². The van der Waals surface area contributed by atoms with Gasteiger partial charge in [-0.1, -0.05) is 13.3 Å². The summed E-state index contributed by atoms with van der Waals surface area (Å²) in [6.45, 7) is 6.54. The third-order valence-electron chi connectivity index (χ3n) is 3.34. The van der Waals surface area contributed by atoms with Gasteiger partial charge in [0.1, 0.15) is 0 Å². The molecule has 0 aromatic rings. The predicted octanol–water partition coefficient (Wildman–Crippen LogP) is 2.13. The van der Waals surface area contributed by atoms with Gasteiger partial charge in [0.15, 0.2) is 0 Å². The molecule has 0 saturated carbocycles. The highest BCUT2D eigenvalue weighted by Crippen LogP contribution is 2.27. The lowest BCUT2D eigenvalue weighted by Crippen LogP contribution is -2.39. The highest BCUT2D eigenvalue weighted by Gasteiger charge is 2.23. The minimum Gasteiger partial charge on any atom is -0.303 e. The average Bonchev–Trinajstić information content (AvgIpc) is 1.98. The van der Waals surface area contributed by atoms with Crippen molar-refractivity contribution in [3.8, 4) is 0 Å². The molecule has 11 heavy (non-hydrogen) atoms. The zero-order valence-corrected chi connectivity index (χ0v) is 7.55. The standard InChI is InChI=1S/C10H19N/c1-9-2-3-10-4-6-11(8-9)7-5-10/h9-10H,2-8H2,1H3. The van der Waals surface area contributed by atoms with E-state index >= 15 is 0 Å². The Morgan fingerprint density at radius 1 is 1.00 bits per heavy atom. The van der Waals surface area contributed by atoms with Crippen LogP contribution in [0.1, 0.15) is 32.6 Å². The van der Waals surface area contributed by atoms with Gasteiger partial charge >= 0.3 is 0 Å². The molecule has 3 rings (SSSR count). The summed E-state index contributed by atoms with van der Waals surface area (Å²) in [6, 6.07) is 0. The van der Waals surface area contributed by atoms with Gasteiger partial charge in [-0.3, -0.25) is 0 Å². The third kappa shape index (κ3) is 1.76. The molecule has 2 bridgehead atoms. The van der Waals surface area contributed by atoms with E-state index in [0.717, 1.165) is 11.8 Å². The first-order chi connectivity index (χ1) is 5.34. The number of rotatable bonds is 0. The van der Waals surface area contributed by atoms with Gasteiger partial charge in [-0.25, -0.2) is 0 Å². The van der Waals surface area contributed by atoms with E-state index in [9.17, 15) is 0 Å². The van der Waals surface area contributed by atoms with E-state index < -0.39 is 0 Å². The maximum atomic E-state index is 2.65. The molecule has 64 valence electrons. The Bertz CT molecular complexity index is 125. The Balaban J connectivity index is 1.97. The van der Waals surface area contributed by atoms with Crippen LogP contribution in [0, 0.1) is 11.8 Å². The SMILES string of the molecule is CC1CCC2CCN(CC2)C1. The minimum absolute atomic E-state index is 0.957. The van der Waals surface area contributed by atoms with Crippen molar-refractivity contribution >= 4 is 0 Å². The van der Waals surface area contributed by atoms with Crippen molar-refractivity contribution in [1.82, 2.24) is 4.90 Å². The zero-order chi connectivity index (χ0) is 7.68. The van der Waals surface area contributed by atoms with E-state index in [1.165, 1.54) is 45.3 Å². The molecule has 1 atom stereocenters. The molecule has 1 unspecified atom stereocenters. The van der Waals surface area contributed by atoms with Gasteiger partial charge in [0, 0.05) is 6.54 Å². The number of piperidine rings is 1. The van der Waals surface area contributed by atoms with Crippen LogP contribution in [0.3, 0.4) is 0 Å². The van der Waals surface area contributed by atoms with Crippen molar-refractivity contribution in [2.45, 2.75) is 32.6 Å². The molecule has 3 heterocycles.